The molecule has 46 heavy (non-hydrogen) atoms. The molecule has 9 rings (SSSR count). The lowest BCUT2D eigenvalue weighted by Crippen LogP contribution is -2.10. The number of para-hydroxylation sites is 1. The molecule has 2 heterocycles. The lowest BCUT2D eigenvalue weighted by Gasteiger charge is -2.26. The van der Waals surface area contributed by atoms with Crippen LogP contribution in [0.2, 0.25) is 0 Å². The van der Waals surface area contributed by atoms with Crippen molar-refractivity contribution in [1.82, 2.24) is 4.98 Å². The second-order valence-corrected chi connectivity index (χ2v) is 11.7. The van der Waals surface area contributed by atoms with Gasteiger partial charge in [0, 0.05) is 27.5 Å². The Balaban J connectivity index is 1.24. The molecule has 0 atom stereocenters. The number of anilines is 3. The maximum absolute atomic E-state index is 6.24. The fourth-order valence-electron chi connectivity index (χ4n) is 6.60. The van der Waals surface area contributed by atoms with E-state index in [0.29, 0.717) is 0 Å². The van der Waals surface area contributed by atoms with Crippen molar-refractivity contribution < 1.29 is 4.42 Å². The number of nitrogens with zero attached hydrogens (tertiary/aromatic N) is 2. The molecule has 2 aromatic heterocycles. The van der Waals surface area contributed by atoms with Gasteiger partial charge in [-0.1, -0.05) is 109 Å². The lowest BCUT2D eigenvalue weighted by atomic mass is 10.0. The number of hydrogen-bond donors (Lipinski definition) is 0. The van der Waals surface area contributed by atoms with E-state index in [0.717, 1.165) is 49.9 Å². The second-order valence-electron chi connectivity index (χ2n) is 11.7. The molecule has 0 aliphatic heterocycles. The maximum Gasteiger partial charge on any atom is 0.136 e. The van der Waals surface area contributed by atoms with E-state index in [1.165, 1.54) is 33.0 Å². The molecule has 3 nitrogen and oxygen atoms in total. The molecule has 9 aromatic rings. The van der Waals surface area contributed by atoms with Crippen molar-refractivity contribution in [3.8, 4) is 22.3 Å². The van der Waals surface area contributed by atoms with Crippen LogP contribution in [0, 0.1) is 0 Å². The van der Waals surface area contributed by atoms with Crippen LogP contribution in [0.3, 0.4) is 0 Å². The Bertz CT molecular complexity index is 2520. The Kier molecular flexibility index (Phi) is 6.14. The zero-order valence-electron chi connectivity index (χ0n) is 25.0. The van der Waals surface area contributed by atoms with Gasteiger partial charge in [-0.2, -0.15) is 0 Å². The van der Waals surface area contributed by atoms with Gasteiger partial charge in [0.25, 0.3) is 0 Å². The van der Waals surface area contributed by atoms with Crippen LogP contribution in [0.1, 0.15) is 0 Å². The minimum atomic E-state index is 0.866. The lowest BCUT2D eigenvalue weighted by molar-refractivity contribution is 0.669. The minimum Gasteiger partial charge on any atom is -0.456 e. The van der Waals surface area contributed by atoms with Crippen molar-refractivity contribution in [2.45, 2.75) is 0 Å². The van der Waals surface area contributed by atoms with E-state index >= 15 is 0 Å². The van der Waals surface area contributed by atoms with Gasteiger partial charge >= 0.3 is 0 Å². The Morgan fingerprint density at radius 1 is 0.413 bits per heavy atom. The third-order valence-corrected chi connectivity index (χ3v) is 8.87. The molecule has 0 N–H and O–H groups in total. The summed E-state index contributed by atoms with van der Waals surface area (Å²) in [5, 5.41) is 5.64. The molecular weight excluding hydrogens is 560 g/mol. The average Bonchev–Trinajstić information content (AvgIpc) is 3.52. The number of aromatic nitrogens is 1. The minimum absolute atomic E-state index is 0.866. The fraction of sp³-hybridized carbons (Fsp3) is 0. The van der Waals surface area contributed by atoms with Crippen LogP contribution in [0.25, 0.3) is 65.9 Å². The van der Waals surface area contributed by atoms with Gasteiger partial charge in [0.1, 0.15) is 11.2 Å². The summed E-state index contributed by atoms with van der Waals surface area (Å²) < 4.78 is 6.24. The number of fused-ring (bicyclic) bond motifs is 6. The van der Waals surface area contributed by atoms with E-state index < -0.39 is 0 Å². The summed E-state index contributed by atoms with van der Waals surface area (Å²) in [5.41, 5.74) is 10.6. The van der Waals surface area contributed by atoms with E-state index in [1.807, 2.05) is 30.5 Å². The molecule has 0 spiro atoms. The highest BCUT2D eigenvalue weighted by molar-refractivity contribution is 6.18. The van der Waals surface area contributed by atoms with Crippen LogP contribution in [0.4, 0.5) is 17.1 Å². The number of rotatable bonds is 5. The quantitative estimate of drug-likeness (QED) is 0.200. The Labute approximate surface area is 266 Å². The SMILES string of the molecule is c1ccc(-c2ccc(N(c3ccc4ccc(-c5ccccc5)cc4c3)c3cnc4ccc5oc6ccccc6c5c4c3)cc2)cc1. The summed E-state index contributed by atoms with van der Waals surface area (Å²) in [4.78, 5) is 7.29. The van der Waals surface area contributed by atoms with Crippen LogP contribution in [0.5, 0.6) is 0 Å². The third kappa shape index (κ3) is 4.49. The molecule has 0 aliphatic rings. The van der Waals surface area contributed by atoms with Crippen molar-refractivity contribution in [2.24, 2.45) is 0 Å². The molecular formula is C43H28N2O. The first-order chi connectivity index (χ1) is 22.8. The van der Waals surface area contributed by atoms with Gasteiger partial charge < -0.3 is 9.32 Å². The topological polar surface area (TPSA) is 29.3 Å². The van der Waals surface area contributed by atoms with E-state index in [2.05, 4.69) is 144 Å². The molecule has 216 valence electrons. The van der Waals surface area contributed by atoms with Crippen LogP contribution < -0.4 is 4.90 Å². The summed E-state index contributed by atoms with van der Waals surface area (Å²) in [5.74, 6) is 0. The largest absolute Gasteiger partial charge is 0.456 e. The maximum atomic E-state index is 6.24. The molecule has 0 unspecified atom stereocenters. The van der Waals surface area contributed by atoms with Crippen LogP contribution in [-0.4, -0.2) is 4.98 Å². The molecule has 3 heteroatoms. The molecule has 0 saturated carbocycles. The van der Waals surface area contributed by atoms with E-state index in [9.17, 15) is 0 Å². The Morgan fingerprint density at radius 2 is 1.07 bits per heavy atom. The van der Waals surface area contributed by atoms with E-state index in [4.69, 9.17) is 9.40 Å². The predicted octanol–water partition coefficient (Wildman–Crippen LogP) is 12.1. The van der Waals surface area contributed by atoms with Gasteiger partial charge in [0.05, 0.1) is 17.4 Å². The van der Waals surface area contributed by atoms with Crippen LogP contribution >= 0.6 is 0 Å². The van der Waals surface area contributed by atoms with Gasteiger partial charge in [-0.15, -0.1) is 0 Å². The average molecular weight is 589 g/mol. The summed E-state index contributed by atoms with van der Waals surface area (Å²) >= 11 is 0. The summed E-state index contributed by atoms with van der Waals surface area (Å²) in [6.07, 6.45) is 1.98. The van der Waals surface area contributed by atoms with Gasteiger partial charge in [-0.3, -0.25) is 4.98 Å². The second kappa shape index (κ2) is 10.8. The number of pyridine rings is 1. The first-order valence-electron chi connectivity index (χ1n) is 15.5. The zero-order chi connectivity index (χ0) is 30.5. The molecule has 0 bridgehead atoms. The Morgan fingerprint density at radius 3 is 1.87 bits per heavy atom. The number of hydrogen-bond acceptors (Lipinski definition) is 3. The van der Waals surface area contributed by atoms with Gasteiger partial charge in [-0.25, -0.2) is 0 Å². The zero-order valence-corrected chi connectivity index (χ0v) is 25.0. The van der Waals surface area contributed by atoms with Crippen molar-refractivity contribution in [3.05, 3.63) is 170 Å². The number of benzene rings is 7. The van der Waals surface area contributed by atoms with Crippen LogP contribution in [0.15, 0.2) is 174 Å². The highest BCUT2D eigenvalue weighted by atomic mass is 16.3. The van der Waals surface area contributed by atoms with Crippen molar-refractivity contribution in [3.63, 3.8) is 0 Å². The van der Waals surface area contributed by atoms with E-state index in [-0.39, 0.29) is 0 Å². The molecule has 0 radical (unpaired) electrons. The predicted molar refractivity (Wildman–Crippen MR) is 192 cm³/mol. The molecule has 0 amide bonds. The van der Waals surface area contributed by atoms with Crippen LogP contribution in [-0.2, 0) is 0 Å². The standard InChI is InChI=1S/C43H28N2O/c1-3-9-29(10-4-1)31-17-20-35(21-18-31)45(36-22-19-32-15-16-33(25-34(32)26-36)30-11-5-2-6-12-30)37-27-39-40(44-28-37)23-24-42-43(39)38-13-7-8-14-41(38)46-42/h1-28H. The van der Waals surface area contributed by atoms with Crippen molar-refractivity contribution in [1.29, 1.82) is 0 Å². The summed E-state index contributed by atoms with van der Waals surface area (Å²) in [7, 11) is 0. The highest BCUT2D eigenvalue weighted by Crippen LogP contribution is 2.41. The smallest absolute Gasteiger partial charge is 0.136 e. The molecule has 0 fully saturated rings. The van der Waals surface area contributed by atoms with Crippen molar-refractivity contribution in [2.75, 3.05) is 4.90 Å². The van der Waals surface area contributed by atoms with Gasteiger partial charge in [0.15, 0.2) is 0 Å². The molecule has 0 aliphatic carbocycles. The number of furan rings is 1. The monoisotopic (exact) mass is 588 g/mol. The molecule has 0 saturated heterocycles. The normalized spacial score (nSPS) is 11.5. The summed E-state index contributed by atoms with van der Waals surface area (Å²) in [6.45, 7) is 0. The van der Waals surface area contributed by atoms with Gasteiger partial charge in [-0.05, 0) is 87.6 Å². The van der Waals surface area contributed by atoms with Gasteiger partial charge in [0.2, 0.25) is 0 Å². The van der Waals surface area contributed by atoms with E-state index in [1.54, 1.807) is 0 Å². The highest BCUT2D eigenvalue weighted by Gasteiger charge is 2.17. The first-order valence-corrected chi connectivity index (χ1v) is 15.5. The molecule has 7 aromatic carbocycles. The fourth-order valence-corrected chi connectivity index (χ4v) is 6.60. The Hall–Kier alpha value is -6.19. The first kappa shape index (κ1) is 26.2. The summed E-state index contributed by atoms with van der Waals surface area (Å²) in [6, 6.07) is 57.8. The third-order valence-electron chi connectivity index (χ3n) is 8.87. The van der Waals surface area contributed by atoms with Crippen molar-refractivity contribution >= 4 is 60.7 Å².